The zero-order chi connectivity index (χ0) is 20.5. The number of thiophene rings is 2. The summed E-state index contributed by atoms with van der Waals surface area (Å²) in [5.74, 6) is 0.513. The van der Waals surface area contributed by atoms with Gasteiger partial charge in [-0.1, -0.05) is 31.9 Å². The fourth-order valence-corrected chi connectivity index (χ4v) is 5.58. The third-order valence-corrected chi connectivity index (χ3v) is 7.62. The van der Waals surface area contributed by atoms with Gasteiger partial charge in [0.1, 0.15) is 11.4 Å². The number of aromatic nitrogens is 2. The third-order valence-electron chi connectivity index (χ3n) is 5.86. The Morgan fingerprint density at radius 3 is 2.23 bits per heavy atom. The zero-order valence-electron chi connectivity index (χ0n) is 16.8. The van der Waals surface area contributed by atoms with Crippen molar-refractivity contribution < 1.29 is 4.79 Å². The van der Waals surface area contributed by atoms with E-state index in [2.05, 4.69) is 35.1 Å². The molecule has 3 heterocycles. The molecule has 5 rings (SSSR count). The first kappa shape index (κ1) is 19.4. The van der Waals surface area contributed by atoms with Crippen LogP contribution in [0.1, 0.15) is 43.0 Å². The number of hydrogen-bond acceptors (Lipinski definition) is 5. The van der Waals surface area contributed by atoms with E-state index in [0.717, 1.165) is 38.6 Å². The maximum absolute atomic E-state index is 12.9. The average Bonchev–Trinajstić information content (AvgIpc) is 3.48. The minimum absolute atomic E-state index is 0.0162. The van der Waals surface area contributed by atoms with Gasteiger partial charge in [-0.25, -0.2) is 9.97 Å². The Hall–Kier alpha value is -2.57. The van der Waals surface area contributed by atoms with E-state index in [1.807, 2.05) is 30.3 Å². The summed E-state index contributed by atoms with van der Waals surface area (Å²) >= 11 is 3.31. The Kier molecular flexibility index (Phi) is 5.35. The number of benzene rings is 1. The van der Waals surface area contributed by atoms with Crippen LogP contribution in [0.15, 0.2) is 53.2 Å². The van der Waals surface area contributed by atoms with E-state index in [0.29, 0.717) is 11.5 Å². The number of amides is 1. The van der Waals surface area contributed by atoms with Crippen molar-refractivity contribution in [2.24, 2.45) is 5.92 Å². The second-order valence-corrected chi connectivity index (χ2v) is 9.82. The maximum atomic E-state index is 12.9. The number of rotatable bonds is 4. The molecule has 1 aliphatic rings. The molecule has 4 nitrogen and oxygen atoms in total. The highest BCUT2D eigenvalue weighted by atomic mass is 32.1. The number of nitrogens with zero attached hydrogens (tertiary/aromatic N) is 2. The molecule has 0 bridgehead atoms. The Bertz CT molecular complexity index is 1170. The molecule has 30 heavy (non-hydrogen) atoms. The first-order valence-corrected chi connectivity index (χ1v) is 12.2. The lowest BCUT2D eigenvalue weighted by Gasteiger charge is -2.29. The molecule has 1 fully saturated rings. The standard InChI is InChI=1S/C24H23N3OS2/c1-15-6-2-3-7-17(15)27-24(28)16-10-11-18-19(14-16)26-23(21-9-5-13-30-21)22(25-18)20-8-4-12-29-20/h4-5,8-15,17H,2-3,6-7H2,1H3,(H,27,28)/t15-,17-/m1/s1. The minimum Gasteiger partial charge on any atom is -0.349 e. The van der Waals surface area contributed by atoms with Crippen molar-refractivity contribution >= 4 is 39.6 Å². The van der Waals surface area contributed by atoms with Crippen molar-refractivity contribution in [1.29, 1.82) is 0 Å². The number of fused-ring (bicyclic) bond motifs is 1. The van der Waals surface area contributed by atoms with Gasteiger partial charge in [0.25, 0.3) is 5.91 Å². The first-order valence-electron chi connectivity index (χ1n) is 10.4. The first-order chi connectivity index (χ1) is 14.7. The summed E-state index contributed by atoms with van der Waals surface area (Å²) in [7, 11) is 0. The molecule has 0 unspecified atom stereocenters. The summed E-state index contributed by atoms with van der Waals surface area (Å²) < 4.78 is 0. The highest BCUT2D eigenvalue weighted by Crippen LogP contribution is 2.35. The topological polar surface area (TPSA) is 54.9 Å². The Balaban J connectivity index is 1.53. The quantitative estimate of drug-likeness (QED) is 0.405. The average molecular weight is 434 g/mol. The molecule has 1 amide bonds. The van der Waals surface area contributed by atoms with Crippen LogP contribution in [0.2, 0.25) is 0 Å². The van der Waals surface area contributed by atoms with Crippen molar-refractivity contribution in [3.05, 3.63) is 58.8 Å². The van der Waals surface area contributed by atoms with Crippen LogP contribution in [0.25, 0.3) is 32.2 Å². The Morgan fingerprint density at radius 2 is 1.60 bits per heavy atom. The predicted molar refractivity (Wildman–Crippen MR) is 125 cm³/mol. The molecule has 1 aromatic carbocycles. The molecule has 1 N–H and O–H groups in total. The second kappa shape index (κ2) is 8.28. The molecular formula is C24H23N3OS2. The number of carbonyl (C=O) groups excluding carboxylic acids is 1. The van der Waals surface area contributed by atoms with Crippen molar-refractivity contribution in [2.75, 3.05) is 0 Å². The highest BCUT2D eigenvalue weighted by molar-refractivity contribution is 7.14. The number of hydrogen-bond donors (Lipinski definition) is 1. The van der Waals surface area contributed by atoms with Crippen LogP contribution in [-0.4, -0.2) is 21.9 Å². The van der Waals surface area contributed by atoms with Crippen molar-refractivity contribution in [2.45, 2.75) is 38.6 Å². The van der Waals surface area contributed by atoms with Crippen molar-refractivity contribution in [1.82, 2.24) is 15.3 Å². The third kappa shape index (κ3) is 3.77. The van der Waals surface area contributed by atoms with Crippen LogP contribution in [0.3, 0.4) is 0 Å². The monoisotopic (exact) mass is 433 g/mol. The summed E-state index contributed by atoms with van der Waals surface area (Å²) in [4.78, 5) is 25.0. The lowest BCUT2D eigenvalue weighted by atomic mass is 9.86. The van der Waals surface area contributed by atoms with Gasteiger partial charge in [0, 0.05) is 11.6 Å². The molecule has 0 saturated heterocycles. The summed E-state index contributed by atoms with van der Waals surface area (Å²) in [5.41, 5.74) is 3.98. The largest absolute Gasteiger partial charge is 0.349 e. The van der Waals surface area contributed by atoms with Crippen LogP contribution >= 0.6 is 22.7 Å². The summed E-state index contributed by atoms with van der Waals surface area (Å²) in [6.07, 6.45) is 4.70. The van der Waals surface area contributed by atoms with E-state index in [-0.39, 0.29) is 11.9 Å². The number of carbonyl (C=O) groups is 1. The SMILES string of the molecule is C[C@@H]1CCCC[C@H]1NC(=O)c1ccc2nc(-c3cccs3)c(-c3cccs3)nc2c1. The van der Waals surface area contributed by atoms with Crippen LogP contribution in [0.4, 0.5) is 0 Å². The molecule has 3 aromatic heterocycles. The van der Waals surface area contributed by atoms with Crippen molar-refractivity contribution in [3.8, 4) is 21.1 Å². The highest BCUT2D eigenvalue weighted by Gasteiger charge is 2.23. The van der Waals surface area contributed by atoms with E-state index in [4.69, 9.17) is 9.97 Å². The predicted octanol–water partition coefficient (Wildman–Crippen LogP) is 6.40. The Labute approximate surface area is 184 Å². The molecular weight excluding hydrogens is 410 g/mol. The normalized spacial score (nSPS) is 19.1. The van der Waals surface area contributed by atoms with Gasteiger partial charge in [-0.3, -0.25) is 4.79 Å². The van der Waals surface area contributed by atoms with Gasteiger partial charge in [-0.2, -0.15) is 0 Å². The fourth-order valence-electron chi connectivity index (χ4n) is 4.15. The van der Waals surface area contributed by atoms with Gasteiger partial charge in [-0.15, -0.1) is 22.7 Å². The molecule has 6 heteroatoms. The maximum Gasteiger partial charge on any atom is 0.251 e. The van der Waals surface area contributed by atoms with E-state index in [1.165, 1.54) is 19.3 Å². The van der Waals surface area contributed by atoms with Crippen LogP contribution in [0.5, 0.6) is 0 Å². The molecule has 152 valence electrons. The number of nitrogens with one attached hydrogen (secondary N) is 1. The molecule has 2 atom stereocenters. The van der Waals surface area contributed by atoms with Crippen LogP contribution in [0, 0.1) is 5.92 Å². The van der Waals surface area contributed by atoms with Gasteiger partial charge in [0.05, 0.1) is 20.8 Å². The lowest BCUT2D eigenvalue weighted by Crippen LogP contribution is -2.41. The minimum atomic E-state index is -0.0162. The summed E-state index contributed by atoms with van der Waals surface area (Å²) in [5, 5.41) is 7.35. The molecule has 0 spiro atoms. The summed E-state index contributed by atoms with van der Waals surface area (Å²) in [6, 6.07) is 14.1. The molecule has 0 radical (unpaired) electrons. The van der Waals surface area contributed by atoms with Gasteiger partial charge in [0.15, 0.2) is 0 Å². The molecule has 1 saturated carbocycles. The fraction of sp³-hybridized carbons (Fsp3) is 0.292. The summed E-state index contributed by atoms with van der Waals surface area (Å²) in [6.45, 7) is 2.23. The zero-order valence-corrected chi connectivity index (χ0v) is 18.4. The lowest BCUT2D eigenvalue weighted by molar-refractivity contribution is 0.0910. The molecule has 0 aliphatic heterocycles. The van der Waals surface area contributed by atoms with Gasteiger partial charge in [0.2, 0.25) is 0 Å². The van der Waals surface area contributed by atoms with E-state index >= 15 is 0 Å². The van der Waals surface area contributed by atoms with Crippen molar-refractivity contribution in [3.63, 3.8) is 0 Å². The van der Waals surface area contributed by atoms with E-state index in [9.17, 15) is 4.79 Å². The molecule has 4 aromatic rings. The van der Waals surface area contributed by atoms with Crippen LogP contribution in [-0.2, 0) is 0 Å². The Morgan fingerprint density at radius 1 is 0.933 bits per heavy atom. The van der Waals surface area contributed by atoms with Gasteiger partial charge in [-0.05, 0) is 59.9 Å². The van der Waals surface area contributed by atoms with E-state index < -0.39 is 0 Å². The van der Waals surface area contributed by atoms with Gasteiger partial charge < -0.3 is 5.32 Å². The van der Waals surface area contributed by atoms with Crippen LogP contribution < -0.4 is 5.32 Å². The second-order valence-electron chi connectivity index (χ2n) is 7.92. The molecule has 1 aliphatic carbocycles. The van der Waals surface area contributed by atoms with E-state index in [1.54, 1.807) is 22.7 Å². The smallest absolute Gasteiger partial charge is 0.251 e. The van der Waals surface area contributed by atoms with Gasteiger partial charge >= 0.3 is 0 Å².